The zero-order valence-corrected chi connectivity index (χ0v) is 7.59. The summed E-state index contributed by atoms with van der Waals surface area (Å²) in [6.45, 7) is 5.95. The summed E-state index contributed by atoms with van der Waals surface area (Å²) in [4.78, 5) is 4.97. The van der Waals surface area contributed by atoms with Gasteiger partial charge < -0.3 is 0 Å². The largest absolute Gasteiger partial charge is 0.233 e. The van der Waals surface area contributed by atoms with E-state index in [0.717, 1.165) is 11.4 Å². The second-order valence-electron chi connectivity index (χ2n) is 2.82. The van der Waals surface area contributed by atoms with E-state index in [9.17, 15) is 0 Å². The lowest BCUT2D eigenvalue weighted by molar-refractivity contribution is -0.880. The van der Waals surface area contributed by atoms with Crippen LogP contribution >= 0.6 is 0 Å². The van der Waals surface area contributed by atoms with Crippen molar-refractivity contribution in [3.8, 4) is 12.5 Å². The van der Waals surface area contributed by atoms with Crippen molar-refractivity contribution in [2.75, 3.05) is 0 Å². The summed E-state index contributed by atoms with van der Waals surface area (Å²) < 4.78 is 1.63. The molecule has 0 fully saturated rings. The van der Waals surface area contributed by atoms with Crippen molar-refractivity contribution >= 4 is 0 Å². The SMILES string of the molecule is C#CO[n+]1c(C)cc(C)cc1C. The van der Waals surface area contributed by atoms with Crippen LogP contribution in [0.15, 0.2) is 12.1 Å². The summed E-state index contributed by atoms with van der Waals surface area (Å²) >= 11 is 0. The molecule has 0 bridgehead atoms. The highest BCUT2D eigenvalue weighted by atomic mass is 16.6. The van der Waals surface area contributed by atoms with Crippen molar-refractivity contribution in [1.82, 2.24) is 0 Å². The van der Waals surface area contributed by atoms with Crippen molar-refractivity contribution < 1.29 is 9.57 Å². The number of rotatable bonds is 1. The molecule has 2 nitrogen and oxygen atoms in total. The third-order valence-electron chi connectivity index (χ3n) is 1.66. The van der Waals surface area contributed by atoms with Crippen LogP contribution in [0.1, 0.15) is 17.0 Å². The second-order valence-corrected chi connectivity index (χ2v) is 2.82. The Morgan fingerprint density at radius 2 is 1.75 bits per heavy atom. The summed E-state index contributed by atoms with van der Waals surface area (Å²) in [5.74, 6) is 0. The lowest BCUT2D eigenvalue weighted by Gasteiger charge is -1.98. The Balaban J connectivity index is 3.21. The molecule has 0 N–H and O–H groups in total. The van der Waals surface area contributed by atoms with Gasteiger partial charge in [0.15, 0.2) is 6.11 Å². The Labute approximate surface area is 72.8 Å². The minimum Gasteiger partial charge on any atom is -0.176 e. The molecule has 0 aliphatic heterocycles. The number of hydrogen-bond donors (Lipinski definition) is 0. The topological polar surface area (TPSA) is 13.1 Å². The third-order valence-corrected chi connectivity index (χ3v) is 1.66. The average Bonchev–Trinajstić information content (AvgIpc) is 1.96. The Bertz CT molecular complexity index is 313. The van der Waals surface area contributed by atoms with Crippen LogP contribution in [0.3, 0.4) is 0 Å². The molecular weight excluding hydrogens is 150 g/mol. The molecule has 2 heteroatoms. The molecule has 0 unspecified atom stereocenters. The van der Waals surface area contributed by atoms with Gasteiger partial charge in [0.1, 0.15) is 0 Å². The van der Waals surface area contributed by atoms with E-state index in [1.165, 1.54) is 5.56 Å². The maximum atomic E-state index is 5.04. The average molecular weight is 162 g/mol. The fourth-order valence-electron chi connectivity index (χ4n) is 1.29. The van der Waals surface area contributed by atoms with Crippen molar-refractivity contribution in [1.29, 1.82) is 0 Å². The molecule has 1 aromatic heterocycles. The van der Waals surface area contributed by atoms with Crippen LogP contribution in [0.4, 0.5) is 0 Å². The zero-order valence-electron chi connectivity index (χ0n) is 7.59. The molecule has 0 radical (unpaired) electrons. The van der Waals surface area contributed by atoms with Crippen LogP contribution in [0.25, 0.3) is 0 Å². The van der Waals surface area contributed by atoms with Gasteiger partial charge in [-0.3, -0.25) is 0 Å². The Morgan fingerprint density at radius 1 is 1.25 bits per heavy atom. The van der Waals surface area contributed by atoms with Gasteiger partial charge in [-0.15, -0.1) is 0 Å². The first-order valence-electron chi connectivity index (χ1n) is 3.78. The number of pyridine rings is 1. The molecule has 0 amide bonds. The highest BCUT2D eigenvalue weighted by Crippen LogP contribution is 1.99. The molecule has 0 spiro atoms. The van der Waals surface area contributed by atoms with Gasteiger partial charge in [-0.05, 0) is 12.5 Å². The van der Waals surface area contributed by atoms with Crippen LogP contribution in [-0.2, 0) is 0 Å². The first-order valence-corrected chi connectivity index (χ1v) is 3.78. The summed E-state index contributed by atoms with van der Waals surface area (Å²) in [6.07, 6.45) is 7.19. The lowest BCUT2D eigenvalue weighted by atomic mass is 10.2. The van der Waals surface area contributed by atoms with E-state index < -0.39 is 0 Å². The second kappa shape index (κ2) is 3.27. The molecule has 1 aromatic rings. The molecule has 1 rings (SSSR count). The van der Waals surface area contributed by atoms with Gasteiger partial charge in [0.25, 0.3) is 0 Å². The Kier molecular flexibility index (Phi) is 2.35. The number of aryl methyl sites for hydroxylation is 3. The fourth-order valence-corrected chi connectivity index (χ4v) is 1.29. The van der Waals surface area contributed by atoms with E-state index in [0.29, 0.717) is 0 Å². The quantitative estimate of drug-likeness (QED) is 0.442. The van der Waals surface area contributed by atoms with E-state index >= 15 is 0 Å². The molecule has 1 heterocycles. The van der Waals surface area contributed by atoms with Gasteiger partial charge in [0.05, 0.1) is 0 Å². The minimum atomic E-state index is 1.01. The maximum absolute atomic E-state index is 5.04. The molecule has 0 aromatic carbocycles. The summed E-state index contributed by atoms with van der Waals surface area (Å²) in [7, 11) is 0. The molecule has 0 atom stereocenters. The standard InChI is InChI=1S/C10H12NO/c1-5-12-11-9(3)6-8(2)7-10(11)4/h1,6-7H,2-4H3/q+1. The number of aromatic nitrogens is 1. The Morgan fingerprint density at radius 3 is 2.17 bits per heavy atom. The van der Waals surface area contributed by atoms with E-state index in [2.05, 4.69) is 6.11 Å². The van der Waals surface area contributed by atoms with Crippen LogP contribution in [0, 0.1) is 33.3 Å². The van der Waals surface area contributed by atoms with Crippen LogP contribution in [-0.4, -0.2) is 0 Å². The fraction of sp³-hybridized carbons (Fsp3) is 0.300. The predicted molar refractivity (Wildman–Crippen MR) is 46.3 cm³/mol. The van der Waals surface area contributed by atoms with E-state index in [1.54, 1.807) is 4.73 Å². The van der Waals surface area contributed by atoms with Crippen molar-refractivity contribution in [3.63, 3.8) is 0 Å². The third kappa shape index (κ3) is 1.57. The van der Waals surface area contributed by atoms with E-state index in [-0.39, 0.29) is 0 Å². The molecule has 12 heavy (non-hydrogen) atoms. The van der Waals surface area contributed by atoms with E-state index in [1.807, 2.05) is 32.9 Å². The molecule has 0 aliphatic rings. The van der Waals surface area contributed by atoms with Crippen LogP contribution in [0.5, 0.6) is 0 Å². The summed E-state index contributed by atoms with van der Waals surface area (Å²) in [5.41, 5.74) is 3.22. The molecule has 0 saturated heterocycles. The lowest BCUT2D eigenvalue weighted by Crippen LogP contribution is -2.45. The molecular formula is C10H12NO+. The first-order chi connectivity index (χ1) is 5.65. The van der Waals surface area contributed by atoms with Crippen molar-refractivity contribution in [2.45, 2.75) is 20.8 Å². The molecule has 0 saturated carbocycles. The Hall–Kier alpha value is -1.49. The van der Waals surface area contributed by atoms with Gasteiger partial charge in [0.2, 0.25) is 11.4 Å². The minimum absolute atomic E-state index is 1.01. The van der Waals surface area contributed by atoms with Gasteiger partial charge in [0, 0.05) is 30.7 Å². The van der Waals surface area contributed by atoms with Crippen LogP contribution in [0.2, 0.25) is 0 Å². The van der Waals surface area contributed by atoms with Gasteiger partial charge >= 0.3 is 0 Å². The maximum Gasteiger partial charge on any atom is 0.233 e. The zero-order chi connectivity index (χ0) is 9.14. The predicted octanol–water partition coefficient (Wildman–Crippen LogP) is 0.919. The summed E-state index contributed by atoms with van der Waals surface area (Å²) in [5, 5.41) is 0. The number of nitrogens with zero attached hydrogens (tertiary/aromatic N) is 1. The number of hydrogen-bond acceptors (Lipinski definition) is 1. The van der Waals surface area contributed by atoms with Crippen molar-refractivity contribution in [2.24, 2.45) is 0 Å². The van der Waals surface area contributed by atoms with Crippen LogP contribution < -0.4 is 9.57 Å². The first kappa shape index (κ1) is 8.61. The number of terminal acetylenes is 1. The summed E-state index contributed by atoms with van der Waals surface area (Å²) in [6, 6.07) is 4.04. The highest BCUT2D eigenvalue weighted by Gasteiger charge is 2.12. The molecule has 0 aliphatic carbocycles. The van der Waals surface area contributed by atoms with Crippen molar-refractivity contribution in [3.05, 3.63) is 29.1 Å². The van der Waals surface area contributed by atoms with Gasteiger partial charge in [-0.2, -0.15) is 4.84 Å². The highest BCUT2D eigenvalue weighted by molar-refractivity contribution is 5.13. The van der Waals surface area contributed by atoms with E-state index in [4.69, 9.17) is 11.3 Å². The van der Waals surface area contributed by atoms with Gasteiger partial charge in [-0.1, -0.05) is 6.42 Å². The monoisotopic (exact) mass is 162 g/mol. The normalized spacial score (nSPS) is 9.17. The molecule has 62 valence electrons. The smallest absolute Gasteiger partial charge is 0.176 e. The van der Waals surface area contributed by atoms with Gasteiger partial charge in [-0.25, -0.2) is 0 Å².